The second-order valence-electron chi connectivity index (χ2n) is 5.35. The largest absolute Gasteiger partial charge is 0.309 e. The van der Waals surface area contributed by atoms with E-state index in [9.17, 15) is 4.79 Å². The van der Waals surface area contributed by atoms with Gasteiger partial charge in [-0.15, -0.1) is 11.8 Å². The van der Waals surface area contributed by atoms with Crippen molar-refractivity contribution in [3.63, 3.8) is 0 Å². The quantitative estimate of drug-likeness (QED) is 0.784. The smallest absolute Gasteiger partial charge is 0.258 e. The topological polar surface area (TPSA) is 45.8 Å². The lowest BCUT2D eigenvalue weighted by Gasteiger charge is -2.12. The van der Waals surface area contributed by atoms with Crippen LogP contribution in [0.3, 0.4) is 0 Å². The number of hydrogen-bond donors (Lipinski definition) is 1. The van der Waals surface area contributed by atoms with E-state index in [0.29, 0.717) is 5.39 Å². The van der Waals surface area contributed by atoms with Gasteiger partial charge in [-0.2, -0.15) is 0 Å². The van der Waals surface area contributed by atoms with Crippen molar-refractivity contribution in [3.05, 3.63) is 75.8 Å². The number of aromatic amines is 1. The maximum atomic E-state index is 12.1. The first-order valence-electron chi connectivity index (χ1n) is 7.30. The molecule has 0 radical (unpaired) electrons. The Kier molecular flexibility index (Phi) is 4.29. The van der Waals surface area contributed by atoms with Crippen molar-refractivity contribution in [2.45, 2.75) is 24.9 Å². The number of hydrogen-bond acceptors (Lipinski definition) is 3. The van der Waals surface area contributed by atoms with E-state index in [0.717, 1.165) is 17.1 Å². The second-order valence-corrected chi connectivity index (χ2v) is 6.68. The molecule has 3 rings (SSSR count). The van der Waals surface area contributed by atoms with Crippen molar-refractivity contribution < 1.29 is 0 Å². The van der Waals surface area contributed by atoms with Crippen molar-refractivity contribution in [2.24, 2.45) is 0 Å². The van der Waals surface area contributed by atoms with E-state index in [1.807, 2.05) is 18.2 Å². The van der Waals surface area contributed by atoms with Crippen molar-refractivity contribution in [2.75, 3.05) is 0 Å². The third-order valence-corrected chi connectivity index (χ3v) is 4.97. The lowest BCUT2D eigenvalue weighted by atomic mass is 10.1. The molecular formula is C18H18N2OS. The highest BCUT2D eigenvalue weighted by Gasteiger charge is 2.12. The summed E-state index contributed by atoms with van der Waals surface area (Å²) in [6.45, 7) is 4.20. The zero-order valence-electron chi connectivity index (χ0n) is 12.7. The van der Waals surface area contributed by atoms with Crippen LogP contribution in [0.2, 0.25) is 0 Å². The summed E-state index contributed by atoms with van der Waals surface area (Å²) in [5.41, 5.74) is 3.30. The zero-order chi connectivity index (χ0) is 15.5. The Balaban J connectivity index is 1.82. The van der Waals surface area contributed by atoms with Crippen LogP contribution in [0.1, 0.15) is 29.1 Å². The molecule has 0 saturated carbocycles. The number of benzene rings is 2. The van der Waals surface area contributed by atoms with Gasteiger partial charge in [0, 0.05) is 5.75 Å². The van der Waals surface area contributed by atoms with E-state index in [2.05, 4.69) is 48.1 Å². The van der Waals surface area contributed by atoms with Gasteiger partial charge in [0.25, 0.3) is 5.56 Å². The summed E-state index contributed by atoms with van der Waals surface area (Å²) in [4.78, 5) is 19.6. The molecule has 0 aliphatic heterocycles. The Labute approximate surface area is 133 Å². The van der Waals surface area contributed by atoms with Gasteiger partial charge in [-0.1, -0.05) is 36.4 Å². The highest BCUT2D eigenvalue weighted by Crippen LogP contribution is 2.29. The number of para-hydroxylation sites is 1. The number of nitrogens with one attached hydrogen (secondary N) is 1. The number of rotatable bonds is 4. The molecule has 112 valence electrons. The first kappa shape index (κ1) is 14.9. The van der Waals surface area contributed by atoms with Crippen LogP contribution in [0.25, 0.3) is 10.9 Å². The molecule has 0 amide bonds. The number of aryl methyl sites for hydroxylation is 1. The highest BCUT2D eigenvalue weighted by atomic mass is 32.2. The Morgan fingerprint density at radius 2 is 1.86 bits per heavy atom. The fraction of sp³-hybridized carbons (Fsp3) is 0.222. The fourth-order valence-corrected chi connectivity index (χ4v) is 3.39. The van der Waals surface area contributed by atoms with Crippen LogP contribution in [0.4, 0.5) is 0 Å². The average molecular weight is 310 g/mol. The van der Waals surface area contributed by atoms with Gasteiger partial charge in [0.05, 0.1) is 16.2 Å². The normalized spacial score (nSPS) is 12.5. The monoisotopic (exact) mass is 310 g/mol. The standard InChI is InChI=1S/C18H18N2OS/c1-12-7-3-4-8-14(12)11-22-13(2)17-19-16-10-6-5-9-15(16)18(21)20-17/h3-10,13H,11H2,1-2H3,(H,19,20,21). The molecule has 4 heteroatoms. The van der Waals surface area contributed by atoms with Crippen molar-refractivity contribution in [1.29, 1.82) is 0 Å². The molecule has 0 saturated heterocycles. The van der Waals surface area contributed by atoms with Gasteiger partial charge in [-0.25, -0.2) is 4.98 Å². The Morgan fingerprint density at radius 3 is 2.68 bits per heavy atom. The van der Waals surface area contributed by atoms with Crippen LogP contribution in [-0.2, 0) is 5.75 Å². The molecule has 1 N–H and O–H groups in total. The summed E-state index contributed by atoms with van der Waals surface area (Å²) < 4.78 is 0. The summed E-state index contributed by atoms with van der Waals surface area (Å²) in [5, 5.41) is 0.777. The summed E-state index contributed by atoms with van der Waals surface area (Å²) in [6.07, 6.45) is 0. The summed E-state index contributed by atoms with van der Waals surface area (Å²) in [5.74, 6) is 1.65. The first-order chi connectivity index (χ1) is 10.6. The van der Waals surface area contributed by atoms with Crippen LogP contribution in [0, 0.1) is 6.92 Å². The minimum Gasteiger partial charge on any atom is -0.309 e. The van der Waals surface area contributed by atoms with E-state index >= 15 is 0 Å². The molecule has 1 unspecified atom stereocenters. The minimum atomic E-state index is -0.0658. The Morgan fingerprint density at radius 1 is 1.14 bits per heavy atom. The molecule has 1 heterocycles. The highest BCUT2D eigenvalue weighted by molar-refractivity contribution is 7.98. The number of H-pyrrole nitrogens is 1. The number of thioether (sulfide) groups is 1. The van der Waals surface area contributed by atoms with Crippen LogP contribution < -0.4 is 5.56 Å². The SMILES string of the molecule is Cc1ccccc1CSC(C)c1nc2ccccc2c(=O)[nH]1. The minimum absolute atomic E-state index is 0.0658. The van der Waals surface area contributed by atoms with Crippen LogP contribution in [0.15, 0.2) is 53.3 Å². The molecule has 0 bridgehead atoms. The lowest BCUT2D eigenvalue weighted by Crippen LogP contribution is -2.12. The van der Waals surface area contributed by atoms with Crippen molar-refractivity contribution in [3.8, 4) is 0 Å². The predicted molar refractivity (Wildman–Crippen MR) is 93.3 cm³/mol. The maximum Gasteiger partial charge on any atom is 0.258 e. The molecule has 3 nitrogen and oxygen atoms in total. The van der Waals surface area contributed by atoms with Gasteiger partial charge in [-0.05, 0) is 37.1 Å². The molecule has 0 spiro atoms. The molecule has 22 heavy (non-hydrogen) atoms. The van der Waals surface area contributed by atoms with Gasteiger partial charge in [0.2, 0.25) is 0 Å². The Hall–Kier alpha value is -2.07. The third kappa shape index (κ3) is 3.07. The molecule has 2 aromatic carbocycles. The van der Waals surface area contributed by atoms with Gasteiger partial charge >= 0.3 is 0 Å². The van der Waals surface area contributed by atoms with E-state index in [4.69, 9.17) is 0 Å². The number of aromatic nitrogens is 2. The van der Waals surface area contributed by atoms with E-state index in [1.54, 1.807) is 17.8 Å². The van der Waals surface area contributed by atoms with Crippen molar-refractivity contribution >= 4 is 22.7 Å². The molecule has 0 aliphatic rings. The molecule has 3 aromatic rings. The number of nitrogens with zero attached hydrogens (tertiary/aromatic N) is 1. The van der Waals surface area contributed by atoms with Gasteiger partial charge in [0.15, 0.2) is 0 Å². The second kappa shape index (κ2) is 6.36. The van der Waals surface area contributed by atoms with E-state index in [1.165, 1.54) is 11.1 Å². The van der Waals surface area contributed by atoms with Crippen molar-refractivity contribution in [1.82, 2.24) is 9.97 Å². The van der Waals surface area contributed by atoms with Crippen LogP contribution in [0.5, 0.6) is 0 Å². The molecular weight excluding hydrogens is 292 g/mol. The van der Waals surface area contributed by atoms with E-state index in [-0.39, 0.29) is 10.8 Å². The molecule has 1 aromatic heterocycles. The Bertz CT molecular complexity index is 857. The van der Waals surface area contributed by atoms with Gasteiger partial charge in [-0.3, -0.25) is 4.79 Å². The molecule has 0 fully saturated rings. The van der Waals surface area contributed by atoms with E-state index < -0.39 is 0 Å². The van der Waals surface area contributed by atoms with Gasteiger partial charge in [0.1, 0.15) is 5.82 Å². The fourth-order valence-electron chi connectivity index (χ4n) is 2.36. The summed E-state index contributed by atoms with van der Waals surface area (Å²) in [7, 11) is 0. The molecule has 1 atom stereocenters. The molecule has 0 aliphatic carbocycles. The average Bonchev–Trinajstić information content (AvgIpc) is 2.54. The summed E-state index contributed by atoms with van der Waals surface area (Å²) >= 11 is 1.78. The predicted octanol–water partition coefficient (Wildman–Crippen LogP) is 4.23. The van der Waals surface area contributed by atoms with Gasteiger partial charge < -0.3 is 4.98 Å². The summed E-state index contributed by atoms with van der Waals surface area (Å²) in [6, 6.07) is 15.8. The lowest BCUT2D eigenvalue weighted by molar-refractivity contribution is 0.922. The van der Waals surface area contributed by atoms with Crippen LogP contribution in [-0.4, -0.2) is 9.97 Å². The third-order valence-electron chi connectivity index (χ3n) is 3.77. The maximum absolute atomic E-state index is 12.1. The number of fused-ring (bicyclic) bond motifs is 1. The zero-order valence-corrected chi connectivity index (χ0v) is 13.5. The van der Waals surface area contributed by atoms with Crippen LogP contribution >= 0.6 is 11.8 Å². The first-order valence-corrected chi connectivity index (χ1v) is 8.35.